The first kappa shape index (κ1) is 82.0. The molecule has 3 unspecified atom stereocenters. The normalized spacial score (nSPS) is 13.7. The Hall–Kier alpha value is -1.02. The Morgan fingerprint density at radius 3 is 0.964 bits per heavy atom. The fourth-order valence-electron chi connectivity index (χ4n) is 11.7. The van der Waals surface area contributed by atoms with Crippen LogP contribution in [0.4, 0.5) is 0 Å². The summed E-state index contributed by atoms with van der Waals surface area (Å²) in [6, 6.07) is -0.862. The number of likely N-dealkylation sites (N-methyl/N-ethyl adjacent to an activating group) is 1. The summed E-state index contributed by atoms with van der Waals surface area (Å²) in [4.78, 5) is 23.4. The predicted octanol–water partition coefficient (Wildman–Crippen LogP) is 23.8. The molecule has 0 aromatic heterocycles. The summed E-state index contributed by atoms with van der Waals surface area (Å²) in [7, 11) is 1.57. The van der Waals surface area contributed by atoms with Gasteiger partial charge in [-0.15, -0.1) is 0 Å². The molecule has 0 saturated heterocycles. The second kappa shape index (κ2) is 65.4. The molecule has 0 aromatic rings. The van der Waals surface area contributed by atoms with Crippen molar-refractivity contribution in [3.05, 3.63) is 24.3 Å². The van der Waals surface area contributed by atoms with E-state index in [4.69, 9.17) is 9.05 Å². The molecule has 0 heterocycles. The summed E-state index contributed by atoms with van der Waals surface area (Å²) in [6.45, 7) is 4.86. The van der Waals surface area contributed by atoms with Gasteiger partial charge in [0, 0.05) is 6.42 Å². The molecule has 494 valence electrons. The minimum atomic E-state index is -4.36. The van der Waals surface area contributed by atoms with Crippen molar-refractivity contribution in [2.24, 2.45) is 0 Å². The first-order chi connectivity index (χ1) is 40.5. The number of nitrogens with zero attached hydrogens (tertiary/aromatic N) is 1. The highest BCUT2D eigenvalue weighted by atomic mass is 31.2. The third-order valence-corrected chi connectivity index (χ3v) is 18.4. The Balaban J connectivity index is 3.91. The van der Waals surface area contributed by atoms with Crippen molar-refractivity contribution < 1.29 is 32.9 Å². The number of amides is 1. The lowest BCUT2D eigenvalue weighted by atomic mass is 10.0. The molecule has 0 saturated carbocycles. The van der Waals surface area contributed by atoms with E-state index in [-0.39, 0.29) is 19.1 Å². The lowest BCUT2D eigenvalue weighted by molar-refractivity contribution is -0.870. The zero-order valence-electron chi connectivity index (χ0n) is 56.7. The van der Waals surface area contributed by atoms with Gasteiger partial charge in [0.2, 0.25) is 5.91 Å². The zero-order valence-corrected chi connectivity index (χ0v) is 57.6. The molecule has 0 spiro atoms. The number of rotatable bonds is 70. The van der Waals surface area contributed by atoms with Crippen LogP contribution in [-0.4, -0.2) is 73.4 Å². The topological polar surface area (TPSA) is 105 Å². The van der Waals surface area contributed by atoms with Crippen LogP contribution in [0.5, 0.6) is 0 Å². The van der Waals surface area contributed by atoms with Crippen LogP contribution in [0.25, 0.3) is 0 Å². The van der Waals surface area contributed by atoms with E-state index in [1.165, 1.54) is 334 Å². The van der Waals surface area contributed by atoms with Crippen LogP contribution in [0, 0.1) is 0 Å². The highest BCUT2D eigenvalue weighted by molar-refractivity contribution is 7.47. The van der Waals surface area contributed by atoms with E-state index in [0.717, 1.165) is 38.5 Å². The fourth-order valence-corrected chi connectivity index (χ4v) is 12.4. The number of aliphatic hydroxyl groups excluding tert-OH is 1. The van der Waals surface area contributed by atoms with Gasteiger partial charge < -0.3 is 19.8 Å². The van der Waals surface area contributed by atoms with Crippen LogP contribution < -0.4 is 5.32 Å². The third-order valence-electron chi connectivity index (χ3n) is 17.4. The van der Waals surface area contributed by atoms with Gasteiger partial charge in [0.15, 0.2) is 0 Å². The maximum Gasteiger partial charge on any atom is 0.472 e. The molecule has 0 aliphatic heterocycles. The van der Waals surface area contributed by atoms with Crippen LogP contribution in [-0.2, 0) is 18.4 Å². The lowest BCUT2D eigenvalue weighted by Crippen LogP contribution is -2.45. The van der Waals surface area contributed by atoms with Gasteiger partial charge in [-0.1, -0.05) is 378 Å². The number of carbonyl (C=O) groups is 1. The van der Waals surface area contributed by atoms with Gasteiger partial charge >= 0.3 is 7.82 Å². The van der Waals surface area contributed by atoms with E-state index in [1.807, 2.05) is 27.2 Å². The number of carbonyl (C=O) groups excluding carboxylic acids is 1. The summed E-state index contributed by atoms with van der Waals surface area (Å²) >= 11 is 0. The van der Waals surface area contributed by atoms with E-state index < -0.39 is 20.0 Å². The molecule has 0 radical (unpaired) electrons. The van der Waals surface area contributed by atoms with Gasteiger partial charge in [-0.05, 0) is 32.1 Å². The number of nitrogens with one attached hydrogen (secondary N) is 1. The molecule has 0 aliphatic rings. The Morgan fingerprint density at radius 2 is 0.663 bits per heavy atom. The molecule has 0 aliphatic carbocycles. The van der Waals surface area contributed by atoms with Gasteiger partial charge in [-0.3, -0.25) is 13.8 Å². The maximum atomic E-state index is 13.0. The van der Waals surface area contributed by atoms with E-state index in [9.17, 15) is 19.4 Å². The van der Waals surface area contributed by atoms with Crippen LogP contribution in [0.3, 0.4) is 0 Å². The number of phosphoric acid groups is 1. The minimum absolute atomic E-state index is 0.0590. The Kier molecular flexibility index (Phi) is 64.6. The SMILES string of the molecule is CCCCCCCCCCCCCCCCC/C=C/CC/C=C/C(O)C(COP(=O)(O)OCC[N+](C)(C)C)NC(=O)CCCCCCCCCCCCCCCCCCCCCCCCCCCCCCCCCCCCCCCCCC. The summed E-state index contributed by atoms with van der Waals surface area (Å²) in [5.74, 6) is -0.178. The standard InChI is InChI=1S/C74H147N2O6P/c1-6-8-10-12-14-16-18-20-22-24-26-28-29-30-31-32-33-34-35-36-37-38-39-40-41-42-43-44-45-46-48-50-52-54-56-58-60-62-64-66-68-74(78)75-72(71-82-83(79,80)81-70-69-76(3,4)5)73(77)67-65-63-61-59-57-55-53-51-49-47-27-25-23-21-19-17-15-13-11-9-7-2/h57,59,65,67,72-73,77H,6-56,58,60-64,66,68-71H2,1-5H3,(H-,75,78,79,80)/p+1/b59-57+,67-65+. The number of phosphoric ester groups is 1. The highest BCUT2D eigenvalue weighted by Crippen LogP contribution is 2.43. The van der Waals surface area contributed by atoms with Crippen LogP contribution in [0.15, 0.2) is 24.3 Å². The van der Waals surface area contributed by atoms with Gasteiger partial charge in [0.1, 0.15) is 13.2 Å². The Labute approximate surface area is 519 Å². The second-order valence-electron chi connectivity index (χ2n) is 27.0. The molecular formula is C74H148N2O6P+. The van der Waals surface area contributed by atoms with E-state index in [0.29, 0.717) is 17.4 Å². The van der Waals surface area contributed by atoms with Crippen LogP contribution in [0.1, 0.15) is 393 Å². The number of hydrogen-bond donors (Lipinski definition) is 3. The Bertz CT molecular complexity index is 1400. The van der Waals surface area contributed by atoms with E-state index >= 15 is 0 Å². The van der Waals surface area contributed by atoms with Crippen molar-refractivity contribution in [1.82, 2.24) is 5.32 Å². The lowest BCUT2D eigenvalue weighted by Gasteiger charge is -2.25. The first-order valence-electron chi connectivity index (χ1n) is 37.2. The quantitative estimate of drug-likeness (QED) is 0.0243. The first-order valence-corrected chi connectivity index (χ1v) is 38.7. The molecule has 8 nitrogen and oxygen atoms in total. The van der Waals surface area contributed by atoms with Gasteiger partial charge in [-0.2, -0.15) is 0 Å². The molecule has 1 amide bonds. The third kappa shape index (κ3) is 68.3. The average molecular weight is 1190 g/mol. The zero-order chi connectivity index (χ0) is 60.5. The molecule has 3 atom stereocenters. The summed E-state index contributed by atoms with van der Waals surface area (Å²) in [5.41, 5.74) is 0. The second-order valence-corrected chi connectivity index (χ2v) is 28.5. The molecular weight excluding hydrogens is 1040 g/mol. The van der Waals surface area contributed by atoms with E-state index in [2.05, 4.69) is 31.3 Å². The number of unbranched alkanes of at least 4 members (excludes halogenated alkanes) is 55. The molecule has 0 rings (SSSR count). The van der Waals surface area contributed by atoms with Gasteiger partial charge in [0.05, 0.1) is 39.9 Å². The number of quaternary nitrogens is 1. The van der Waals surface area contributed by atoms with Crippen molar-refractivity contribution in [1.29, 1.82) is 0 Å². The highest BCUT2D eigenvalue weighted by Gasteiger charge is 2.28. The predicted molar refractivity (Wildman–Crippen MR) is 365 cm³/mol. The molecule has 0 aromatic carbocycles. The van der Waals surface area contributed by atoms with Crippen LogP contribution >= 0.6 is 7.82 Å². The van der Waals surface area contributed by atoms with Crippen molar-refractivity contribution in [2.45, 2.75) is 405 Å². The van der Waals surface area contributed by atoms with Gasteiger partial charge in [0.25, 0.3) is 0 Å². The van der Waals surface area contributed by atoms with Crippen molar-refractivity contribution in [3.63, 3.8) is 0 Å². The Morgan fingerprint density at radius 1 is 0.398 bits per heavy atom. The van der Waals surface area contributed by atoms with Crippen molar-refractivity contribution in [3.8, 4) is 0 Å². The summed E-state index contributed by atoms with van der Waals surface area (Å²) in [5, 5.41) is 14.0. The monoisotopic (exact) mass is 1190 g/mol. The molecule has 0 bridgehead atoms. The van der Waals surface area contributed by atoms with Crippen molar-refractivity contribution >= 4 is 13.7 Å². The van der Waals surface area contributed by atoms with Gasteiger partial charge in [-0.25, -0.2) is 4.57 Å². The number of allylic oxidation sites excluding steroid dienone is 3. The average Bonchev–Trinajstić information content (AvgIpc) is 3.49. The fraction of sp³-hybridized carbons (Fsp3) is 0.932. The van der Waals surface area contributed by atoms with Crippen LogP contribution in [0.2, 0.25) is 0 Å². The maximum absolute atomic E-state index is 13.0. The number of aliphatic hydroxyl groups is 1. The summed E-state index contributed by atoms with van der Waals surface area (Å²) < 4.78 is 23.8. The molecule has 9 heteroatoms. The molecule has 0 fully saturated rings. The number of hydrogen-bond acceptors (Lipinski definition) is 5. The largest absolute Gasteiger partial charge is 0.472 e. The minimum Gasteiger partial charge on any atom is -0.387 e. The smallest absolute Gasteiger partial charge is 0.387 e. The molecule has 3 N–H and O–H groups in total. The van der Waals surface area contributed by atoms with E-state index in [1.54, 1.807) is 6.08 Å². The summed E-state index contributed by atoms with van der Waals surface area (Å²) in [6.07, 6.45) is 86.6. The molecule has 83 heavy (non-hydrogen) atoms. The van der Waals surface area contributed by atoms with Crippen molar-refractivity contribution in [2.75, 3.05) is 40.9 Å².